The summed E-state index contributed by atoms with van der Waals surface area (Å²) in [6.07, 6.45) is 4.51. The summed E-state index contributed by atoms with van der Waals surface area (Å²) in [6.45, 7) is 4.31. The number of anilines is 1. The number of tetrazole rings is 1. The average Bonchev–Trinajstić information content (AvgIpc) is 3.37. The van der Waals surface area contributed by atoms with Gasteiger partial charge in [-0.15, -0.1) is 16.4 Å². The molecule has 2 aromatic heterocycles. The molecule has 0 spiro atoms. The minimum atomic E-state index is -0.0945. The largest absolute Gasteiger partial charge is 0.317 e. The minimum Gasteiger partial charge on any atom is -0.317 e. The van der Waals surface area contributed by atoms with Crippen LogP contribution in [0.15, 0.2) is 29.4 Å². The van der Waals surface area contributed by atoms with Crippen LogP contribution in [0.3, 0.4) is 0 Å². The van der Waals surface area contributed by atoms with Crippen LogP contribution in [-0.2, 0) is 17.6 Å². The van der Waals surface area contributed by atoms with Crippen LogP contribution in [0.1, 0.15) is 60.6 Å². The summed E-state index contributed by atoms with van der Waals surface area (Å²) < 4.78 is 1.69. The Balaban J connectivity index is 1.35. The first-order chi connectivity index (χ1) is 15.1. The molecule has 0 saturated heterocycles. The summed E-state index contributed by atoms with van der Waals surface area (Å²) in [5, 5.41) is 25.8. The first-order valence-corrected chi connectivity index (χ1v) is 12.2. The molecule has 0 atom stereocenters. The van der Waals surface area contributed by atoms with Crippen LogP contribution in [-0.4, -0.2) is 31.9 Å². The number of fused-ring (bicyclic) bond motifs is 1. The van der Waals surface area contributed by atoms with E-state index in [-0.39, 0.29) is 5.91 Å². The Labute approximate surface area is 189 Å². The molecule has 0 bridgehead atoms. The number of carbonyl (C=O) groups excluding carboxylic acids is 1. The molecule has 0 radical (unpaired) electrons. The van der Waals surface area contributed by atoms with Crippen molar-refractivity contribution in [3.8, 4) is 11.8 Å². The van der Waals surface area contributed by atoms with E-state index >= 15 is 0 Å². The van der Waals surface area contributed by atoms with Crippen molar-refractivity contribution < 1.29 is 4.79 Å². The van der Waals surface area contributed by atoms with Crippen molar-refractivity contribution in [3.63, 3.8) is 0 Å². The molecule has 9 heteroatoms. The predicted octanol–water partition coefficient (Wildman–Crippen LogP) is 4.72. The number of thioether (sulfide) groups is 1. The number of aromatic nitrogens is 4. The summed E-state index contributed by atoms with van der Waals surface area (Å²) in [6, 6.07) is 10.5. The van der Waals surface area contributed by atoms with Crippen molar-refractivity contribution in [2.75, 3.05) is 11.1 Å². The second kappa shape index (κ2) is 9.62. The lowest BCUT2D eigenvalue weighted by molar-refractivity contribution is -0.115. The van der Waals surface area contributed by atoms with E-state index in [0.29, 0.717) is 33.8 Å². The molecule has 31 heavy (non-hydrogen) atoms. The monoisotopic (exact) mass is 452 g/mol. The zero-order valence-corrected chi connectivity index (χ0v) is 19.2. The fourth-order valence-electron chi connectivity index (χ4n) is 3.63. The second-order valence-corrected chi connectivity index (χ2v) is 9.96. The van der Waals surface area contributed by atoms with Gasteiger partial charge in [-0.1, -0.05) is 37.7 Å². The van der Waals surface area contributed by atoms with E-state index in [1.165, 1.54) is 22.2 Å². The summed E-state index contributed by atoms with van der Waals surface area (Å²) in [7, 11) is 0. The first kappa shape index (κ1) is 21.5. The Morgan fingerprint density at radius 3 is 2.81 bits per heavy atom. The Hall–Kier alpha value is -2.70. The smallest absolute Gasteiger partial charge is 0.225 e. The van der Waals surface area contributed by atoms with Crippen LogP contribution >= 0.6 is 23.1 Å². The third-order valence-corrected chi connectivity index (χ3v) is 7.47. The van der Waals surface area contributed by atoms with Crippen molar-refractivity contribution >= 4 is 34.0 Å². The molecule has 0 unspecified atom stereocenters. The van der Waals surface area contributed by atoms with E-state index in [9.17, 15) is 10.1 Å². The molecule has 160 valence electrons. The lowest BCUT2D eigenvalue weighted by Crippen LogP contribution is -2.12. The number of thiophene rings is 1. The number of rotatable bonds is 7. The second-order valence-electron chi connectivity index (χ2n) is 7.79. The highest BCUT2D eigenvalue weighted by Crippen LogP contribution is 2.37. The van der Waals surface area contributed by atoms with E-state index in [0.717, 1.165) is 36.9 Å². The van der Waals surface area contributed by atoms with Crippen LogP contribution in [0.25, 0.3) is 5.69 Å². The topological polar surface area (TPSA) is 96.5 Å². The van der Waals surface area contributed by atoms with E-state index in [1.807, 2.05) is 12.1 Å². The van der Waals surface area contributed by atoms with Gasteiger partial charge >= 0.3 is 0 Å². The zero-order valence-electron chi connectivity index (χ0n) is 17.6. The number of nitrogens with zero attached hydrogens (tertiary/aromatic N) is 5. The lowest BCUT2D eigenvalue weighted by Gasteiger charge is -2.09. The number of hydrogen-bond donors (Lipinski definition) is 1. The van der Waals surface area contributed by atoms with Gasteiger partial charge in [-0.3, -0.25) is 4.79 Å². The van der Waals surface area contributed by atoms with Crippen LogP contribution in [0.5, 0.6) is 0 Å². The number of aryl methyl sites for hydroxylation is 1. The fourth-order valence-corrected chi connectivity index (χ4v) is 5.71. The van der Waals surface area contributed by atoms with E-state index in [1.54, 1.807) is 16.0 Å². The predicted molar refractivity (Wildman–Crippen MR) is 123 cm³/mol. The molecule has 0 aliphatic heterocycles. The molecule has 1 aliphatic carbocycles. The SMILES string of the molecule is CC(C)c1ccc(-n2nnnc2SCCC(=O)Nc2sc3c(c2C#N)CCCC3)cc1. The summed E-state index contributed by atoms with van der Waals surface area (Å²) in [5.74, 6) is 0.914. The molecule has 3 aromatic rings. The number of nitrogens with one attached hydrogen (secondary N) is 1. The van der Waals surface area contributed by atoms with Crippen molar-refractivity contribution in [2.45, 2.75) is 57.0 Å². The highest BCUT2D eigenvalue weighted by Gasteiger charge is 2.21. The Bertz CT molecular complexity index is 1110. The van der Waals surface area contributed by atoms with Gasteiger partial charge in [-0.25, -0.2) is 0 Å². The van der Waals surface area contributed by atoms with E-state index < -0.39 is 0 Å². The Morgan fingerprint density at radius 1 is 1.29 bits per heavy atom. The summed E-state index contributed by atoms with van der Waals surface area (Å²) in [5.41, 5.74) is 3.93. The number of benzene rings is 1. The first-order valence-electron chi connectivity index (χ1n) is 10.4. The molecule has 0 fully saturated rings. The Morgan fingerprint density at radius 2 is 2.06 bits per heavy atom. The molecule has 1 aliphatic rings. The quantitative estimate of drug-likeness (QED) is 0.521. The van der Waals surface area contributed by atoms with Crippen molar-refractivity contribution in [1.29, 1.82) is 5.26 Å². The average molecular weight is 453 g/mol. The van der Waals surface area contributed by atoms with Gasteiger partial charge in [-0.05, 0) is 65.3 Å². The number of nitriles is 1. The van der Waals surface area contributed by atoms with Crippen molar-refractivity contribution in [1.82, 2.24) is 20.2 Å². The minimum absolute atomic E-state index is 0.0945. The number of carbonyl (C=O) groups is 1. The highest BCUT2D eigenvalue weighted by atomic mass is 32.2. The third kappa shape index (κ3) is 4.81. The molecular weight excluding hydrogens is 428 g/mol. The van der Waals surface area contributed by atoms with Crippen LogP contribution in [0, 0.1) is 11.3 Å². The molecule has 4 rings (SSSR count). The maximum Gasteiger partial charge on any atom is 0.225 e. The third-order valence-electron chi connectivity index (χ3n) is 5.34. The van der Waals surface area contributed by atoms with Gasteiger partial charge in [0.15, 0.2) is 0 Å². The molecule has 0 saturated carbocycles. The van der Waals surface area contributed by atoms with Gasteiger partial charge in [0, 0.05) is 17.1 Å². The van der Waals surface area contributed by atoms with Crippen molar-refractivity contribution in [3.05, 3.63) is 45.8 Å². The van der Waals surface area contributed by atoms with Crippen LogP contribution in [0.4, 0.5) is 5.00 Å². The van der Waals surface area contributed by atoms with Gasteiger partial charge < -0.3 is 5.32 Å². The molecule has 1 amide bonds. The van der Waals surface area contributed by atoms with Crippen LogP contribution in [0.2, 0.25) is 0 Å². The van der Waals surface area contributed by atoms with Gasteiger partial charge in [-0.2, -0.15) is 9.94 Å². The van der Waals surface area contributed by atoms with Gasteiger partial charge in [0.2, 0.25) is 11.1 Å². The van der Waals surface area contributed by atoms with Crippen LogP contribution < -0.4 is 5.32 Å². The standard InChI is InChI=1S/C22H24N6OS2/c1-14(2)15-7-9-16(10-8-15)28-22(25-26-27-28)30-12-11-20(29)24-21-18(13-23)17-5-3-4-6-19(17)31-21/h7-10,14H,3-6,11-12H2,1-2H3,(H,24,29). The maximum atomic E-state index is 12.5. The zero-order chi connectivity index (χ0) is 21.8. The summed E-state index contributed by atoms with van der Waals surface area (Å²) >= 11 is 2.99. The van der Waals surface area contributed by atoms with Gasteiger partial charge in [0.25, 0.3) is 0 Å². The van der Waals surface area contributed by atoms with E-state index in [2.05, 4.69) is 52.9 Å². The van der Waals surface area contributed by atoms with Crippen molar-refractivity contribution in [2.24, 2.45) is 0 Å². The molecule has 2 heterocycles. The van der Waals surface area contributed by atoms with Gasteiger partial charge in [0.05, 0.1) is 11.3 Å². The maximum absolute atomic E-state index is 12.5. The number of hydrogen-bond acceptors (Lipinski definition) is 7. The summed E-state index contributed by atoms with van der Waals surface area (Å²) in [4.78, 5) is 13.7. The lowest BCUT2D eigenvalue weighted by atomic mass is 9.96. The Kier molecular flexibility index (Phi) is 6.68. The normalized spacial score (nSPS) is 13.1. The molecule has 1 aromatic carbocycles. The number of amides is 1. The fraction of sp³-hybridized carbons (Fsp3) is 0.409. The molecule has 1 N–H and O–H groups in total. The molecule has 7 nitrogen and oxygen atoms in total. The van der Waals surface area contributed by atoms with E-state index in [4.69, 9.17) is 0 Å². The van der Waals surface area contributed by atoms with Gasteiger partial charge in [0.1, 0.15) is 11.1 Å². The molecular formula is C22H24N6OS2. The highest BCUT2D eigenvalue weighted by molar-refractivity contribution is 7.99.